The average Bonchev–Trinajstić information content (AvgIpc) is 2.40. The molecule has 94 valence electrons. The normalized spacial score (nSPS) is 10.2. The lowest BCUT2D eigenvalue weighted by molar-refractivity contribution is 0.196. The Morgan fingerprint density at radius 2 is 1.83 bits per heavy atom. The molecule has 1 aromatic heterocycles. The molecule has 0 spiro atoms. The van der Waals surface area contributed by atoms with E-state index in [1.165, 1.54) is 12.2 Å². The van der Waals surface area contributed by atoms with Crippen LogP contribution in [0.3, 0.4) is 0 Å². The van der Waals surface area contributed by atoms with E-state index in [2.05, 4.69) is 9.97 Å². The minimum Gasteiger partial charge on any atom is -0.497 e. The summed E-state index contributed by atoms with van der Waals surface area (Å²) in [6, 6.07) is 6.97. The fourth-order valence-corrected chi connectivity index (χ4v) is 1.70. The van der Waals surface area contributed by atoms with Crippen molar-refractivity contribution in [1.29, 1.82) is 0 Å². The first-order valence-electron chi connectivity index (χ1n) is 5.20. The van der Waals surface area contributed by atoms with Gasteiger partial charge < -0.3 is 4.74 Å². The van der Waals surface area contributed by atoms with Gasteiger partial charge in [0.1, 0.15) is 5.75 Å². The molecule has 0 unspecified atom stereocenters. The first-order valence-corrected chi connectivity index (χ1v) is 5.58. The Hall–Kier alpha value is -1.85. The smallest absolute Gasteiger partial charge is 0.254 e. The molecule has 0 atom stereocenters. The third-order valence-corrected chi connectivity index (χ3v) is 2.46. The summed E-state index contributed by atoms with van der Waals surface area (Å²) < 4.78 is 5.16. The first-order chi connectivity index (χ1) is 8.74. The number of hydrogen-bond acceptors (Lipinski definition) is 5. The Kier molecular flexibility index (Phi) is 3.96. The number of rotatable bonds is 4. The number of hydrogen-bond donors (Lipinski definition) is 0. The number of aromatic nitrogens is 2. The van der Waals surface area contributed by atoms with E-state index in [0.717, 1.165) is 0 Å². The highest BCUT2D eigenvalue weighted by atomic mass is 35.5. The summed E-state index contributed by atoms with van der Waals surface area (Å²) in [4.78, 5) is 13.5. The summed E-state index contributed by atoms with van der Waals surface area (Å²) in [5, 5.41) is 2.01. The minimum absolute atomic E-state index is 0.421. The zero-order valence-electron chi connectivity index (χ0n) is 10.0. The van der Waals surface area contributed by atoms with Crippen LogP contribution in [0, 0.1) is 0 Å². The summed E-state index contributed by atoms with van der Waals surface area (Å²) >= 11 is 6.01. The molecule has 5 nitrogen and oxygen atoms in total. The zero-order valence-corrected chi connectivity index (χ0v) is 10.8. The summed E-state index contributed by atoms with van der Waals surface area (Å²) in [7, 11) is 3.11. The Morgan fingerprint density at radius 3 is 2.44 bits per heavy atom. The Balaban J connectivity index is 2.42. The third-order valence-electron chi connectivity index (χ3n) is 2.24. The highest BCUT2D eigenvalue weighted by molar-refractivity contribution is 6.31. The second-order valence-electron chi connectivity index (χ2n) is 3.37. The van der Waals surface area contributed by atoms with Crippen LogP contribution in [0.1, 0.15) is 0 Å². The van der Waals surface area contributed by atoms with Crippen molar-refractivity contribution in [2.24, 2.45) is 0 Å². The second-order valence-corrected chi connectivity index (χ2v) is 3.81. The number of ether oxygens (including phenoxy) is 1. The maximum absolute atomic E-state index is 6.01. The van der Waals surface area contributed by atoms with Crippen LogP contribution < -0.4 is 9.80 Å². The number of benzene rings is 1. The maximum atomic E-state index is 6.01. The fourth-order valence-electron chi connectivity index (χ4n) is 1.48. The molecule has 2 rings (SSSR count). The van der Waals surface area contributed by atoms with Gasteiger partial charge in [-0.05, 0) is 18.2 Å². The van der Waals surface area contributed by atoms with Crippen molar-refractivity contribution in [3.05, 3.63) is 41.7 Å². The molecule has 0 bridgehead atoms. The van der Waals surface area contributed by atoms with E-state index in [9.17, 15) is 0 Å². The molecule has 0 amide bonds. The fraction of sp³-hybridized carbons (Fsp3) is 0.167. The second kappa shape index (κ2) is 5.66. The molecule has 0 radical (unpaired) electrons. The summed E-state index contributed by atoms with van der Waals surface area (Å²) in [5.74, 6) is 1.06. The molecule has 6 heteroatoms. The van der Waals surface area contributed by atoms with Gasteiger partial charge in [-0.15, -0.1) is 0 Å². The predicted molar refractivity (Wildman–Crippen MR) is 69.2 cm³/mol. The van der Waals surface area contributed by atoms with E-state index in [1.54, 1.807) is 43.8 Å². The molecule has 18 heavy (non-hydrogen) atoms. The molecule has 2 aromatic rings. The zero-order chi connectivity index (χ0) is 13.0. The Morgan fingerprint density at radius 1 is 1.11 bits per heavy atom. The van der Waals surface area contributed by atoms with Crippen LogP contribution in [0.4, 0.5) is 11.6 Å². The highest BCUT2D eigenvalue weighted by Gasteiger charge is 2.13. The first kappa shape index (κ1) is 12.6. The largest absolute Gasteiger partial charge is 0.497 e. The molecule has 0 saturated carbocycles. The van der Waals surface area contributed by atoms with E-state index in [1.807, 2.05) is 0 Å². The van der Waals surface area contributed by atoms with Crippen molar-refractivity contribution in [2.75, 3.05) is 19.3 Å². The van der Waals surface area contributed by atoms with Gasteiger partial charge in [0.15, 0.2) is 0 Å². The molecular formula is C12H12ClN3O2. The summed E-state index contributed by atoms with van der Waals surface area (Å²) in [6.07, 6.45) is 3.27. The van der Waals surface area contributed by atoms with Crippen LogP contribution in [0.15, 0.2) is 36.7 Å². The monoisotopic (exact) mass is 265 g/mol. The molecule has 0 aliphatic rings. The lowest BCUT2D eigenvalue weighted by atomic mass is 10.3. The predicted octanol–water partition coefficient (Wildman–Crippen LogP) is 2.84. The summed E-state index contributed by atoms with van der Waals surface area (Å²) in [5.41, 5.74) is 0.688. The van der Waals surface area contributed by atoms with Gasteiger partial charge in [0.05, 0.1) is 19.9 Å². The van der Waals surface area contributed by atoms with Crippen LogP contribution in [-0.2, 0) is 4.84 Å². The molecule has 0 aliphatic carbocycles. The number of nitrogens with zero attached hydrogens (tertiary/aromatic N) is 3. The van der Waals surface area contributed by atoms with Crippen molar-refractivity contribution < 1.29 is 9.57 Å². The standard InChI is InChI=1S/C12H12ClN3O2/c1-17-11-7-9(13)6-10(8-11)16(18-2)12-14-4-3-5-15-12/h3-8H,1-2H3. The average molecular weight is 266 g/mol. The van der Waals surface area contributed by atoms with Crippen molar-refractivity contribution in [3.8, 4) is 5.75 Å². The van der Waals surface area contributed by atoms with Crippen molar-refractivity contribution in [2.45, 2.75) is 0 Å². The summed E-state index contributed by atoms with van der Waals surface area (Å²) in [6.45, 7) is 0. The van der Waals surface area contributed by atoms with Crippen LogP contribution >= 0.6 is 11.6 Å². The number of methoxy groups -OCH3 is 1. The maximum Gasteiger partial charge on any atom is 0.254 e. The van der Waals surface area contributed by atoms with E-state index in [4.69, 9.17) is 21.2 Å². The van der Waals surface area contributed by atoms with Gasteiger partial charge in [0.25, 0.3) is 5.95 Å². The van der Waals surface area contributed by atoms with Gasteiger partial charge in [0, 0.05) is 23.5 Å². The van der Waals surface area contributed by atoms with Gasteiger partial charge in [0.2, 0.25) is 0 Å². The lowest BCUT2D eigenvalue weighted by Gasteiger charge is -2.19. The van der Waals surface area contributed by atoms with Crippen molar-refractivity contribution in [3.63, 3.8) is 0 Å². The molecular weight excluding hydrogens is 254 g/mol. The Bertz CT molecular complexity index is 522. The number of anilines is 2. The van der Waals surface area contributed by atoms with Crippen LogP contribution in [0.2, 0.25) is 5.02 Å². The van der Waals surface area contributed by atoms with E-state index in [0.29, 0.717) is 22.4 Å². The van der Waals surface area contributed by atoms with Crippen LogP contribution in [-0.4, -0.2) is 24.2 Å². The topological polar surface area (TPSA) is 47.5 Å². The van der Waals surface area contributed by atoms with Gasteiger partial charge in [-0.3, -0.25) is 4.84 Å². The van der Waals surface area contributed by atoms with Crippen molar-refractivity contribution >= 4 is 23.2 Å². The molecule has 0 N–H and O–H groups in total. The van der Waals surface area contributed by atoms with Gasteiger partial charge >= 0.3 is 0 Å². The van der Waals surface area contributed by atoms with E-state index >= 15 is 0 Å². The van der Waals surface area contributed by atoms with E-state index in [-0.39, 0.29) is 0 Å². The SMILES string of the molecule is COc1cc(Cl)cc(N(OC)c2ncccn2)c1. The minimum atomic E-state index is 0.421. The number of halogens is 1. The molecule has 1 aromatic carbocycles. The lowest BCUT2D eigenvalue weighted by Crippen LogP contribution is -2.17. The quantitative estimate of drug-likeness (QED) is 0.796. The molecule has 0 fully saturated rings. The Labute approximate surface area is 110 Å². The van der Waals surface area contributed by atoms with Gasteiger partial charge in [-0.25, -0.2) is 9.97 Å². The molecule has 0 aliphatic heterocycles. The van der Waals surface area contributed by atoms with Crippen LogP contribution in [0.5, 0.6) is 5.75 Å². The van der Waals surface area contributed by atoms with Crippen molar-refractivity contribution in [1.82, 2.24) is 9.97 Å². The van der Waals surface area contributed by atoms with E-state index < -0.39 is 0 Å². The van der Waals surface area contributed by atoms with Gasteiger partial charge in [-0.2, -0.15) is 5.06 Å². The van der Waals surface area contributed by atoms with Gasteiger partial charge in [-0.1, -0.05) is 11.6 Å². The van der Waals surface area contributed by atoms with Crippen LogP contribution in [0.25, 0.3) is 0 Å². The molecule has 1 heterocycles. The molecule has 0 saturated heterocycles. The third kappa shape index (κ3) is 2.69. The highest BCUT2D eigenvalue weighted by Crippen LogP contribution is 2.29.